The van der Waals surface area contributed by atoms with Gasteiger partial charge in [-0.25, -0.2) is 4.79 Å². The number of hydrogen-bond acceptors (Lipinski definition) is 5. The molecule has 0 aromatic heterocycles. The zero-order valence-corrected chi connectivity index (χ0v) is 12.9. The summed E-state index contributed by atoms with van der Waals surface area (Å²) in [5, 5.41) is 3.23. The van der Waals surface area contributed by atoms with Gasteiger partial charge in [0, 0.05) is 6.54 Å². The Morgan fingerprint density at radius 2 is 2.11 bits per heavy atom. The zero-order valence-electron chi connectivity index (χ0n) is 11.3. The number of hydrogen-bond donors (Lipinski definition) is 1. The van der Waals surface area contributed by atoms with Gasteiger partial charge in [-0.1, -0.05) is 6.92 Å². The van der Waals surface area contributed by atoms with Crippen LogP contribution in [0.2, 0.25) is 0 Å². The van der Waals surface area contributed by atoms with Crippen molar-refractivity contribution in [3.8, 4) is 11.5 Å². The number of rotatable bonds is 7. The van der Waals surface area contributed by atoms with Crippen LogP contribution in [0.1, 0.15) is 12.5 Å². The van der Waals surface area contributed by atoms with E-state index in [4.69, 9.17) is 9.47 Å². The Morgan fingerprint density at radius 1 is 1.37 bits per heavy atom. The minimum atomic E-state index is -0.439. The number of carbonyl (C=O) groups is 1. The molecule has 1 aromatic rings. The number of halogens is 1. The van der Waals surface area contributed by atoms with E-state index < -0.39 is 5.97 Å². The van der Waals surface area contributed by atoms with E-state index in [9.17, 15) is 4.79 Å². The number of nitrogens with one attached hydrogen (secondary N) is 1. The molecule has 0 radical (unpaired) electrons. The van der Waals surface area contributed by atoms with Crippen LogP contribution in [0.3, 0.4) is 0 Å². The molecule has 6 heteroatoms. The number of esters is 1. The third kappa shape index (κ3) is 4.72. The zero-order chi connectivity index (χ0) is 14.3. The predicted molar refractivity (Wildman–Crippen MR) is 75.6 cm³/mol. The van der Waals surface area contributed by atoms with Crippen LogP contribution in [0, 0.1) is 0 Å². The average molecular weight is 332 g/mol. The third-order valence-corrected chi connectivity index (χ3v) is 3.02. The van der Waals surface area contributed by atoms with Crippen molar-refractivity contribution in [2.45, 2.75) is 13.5 Å². The summed E-state index contributed by atoms with van der Waals surface area (Å²) in [6.07, 6.45) is 0. The van der Waals surface area contributed by atoms with Crippen molar-refractivity contribution in [3.63, 3.8) is 0 Å². The molecule has 19 heavy (non-hydrogen) atoms. The molecule has 0 saturated heterocycles. The summed E-state index contributed by atoms with van der Waals surface area (Å²) in [7, 11) is 2.88. The van der Waals surface area contributed by atoms with Crippen LogP contribution in [0.25, 0.3) is 0 Å². The minimum absolute atomic E-state index is 0.155. The maximum atomic E-state index is 11.1. The van der Waals surface area contributed by atoms with Crippen molar-refractivity contribution in [1.29, 1.82) is 0 Å². The molecular formula is C13H18BrNO4. The lowest BCUT2D eigenvalue weighted by Gasteiger charge is -2.14. The van der Waals surface area contributed by atoms with Gasteiger partial charge in [-0.15, -0.1) is 0 Å². The minimum Gasteiger partial charge on any atom is -0.493 e. The standard InChI is InChI=1S/C13H18BrNO4/c1-4-15-7-9-5-10(14)13(11(6-9)17-2)19-8-12(16)18-3/h5-6,15H,4,7-8H2,1-3H3. The van der Waals surface area contributed by atoms with Gasteiger partial charge in [0.25, 0.3) is 0 Å². The Hall–Kier alpha value is -1.27. The molecule has 106 valence electrons. The predicted octanol–water partition coefficient (Wildman–Crippen LogP) is 2.12. The fourth-order valence-corrected chi connectivity index (χ4v) is 2.08. The summed E-state index contributed by atoms with van der Waals surface area (Å²) >= 11 is 3.42. The molecule has 5 nitrogen and oxygen atoms in total. The lowest BCUT2D eigenvalue weighted by Crippen LogP contribution is -2.14. The first-order chi connectivity index (χ1) is 9.12. The molecule has 0 fully saturated rings. The maximum absolute atomic E-state index is 11.1. The Bertz CT molecular complexity index is 437. The van der Waals surface area contributed by atoms with E-state index in [0.29, 0.717) is 11.5 Å². The molecule has 0 aliphatic rings. The van der Waals surface area contributed by atoms with Crippen LogP contribution in [0.5, 0.6) is 11.5 Å². The van der Waals surface area contributed by atoms with E-state index in [1.54, 1.807) is 7.11 Å². The highest BCUT2D eigenvalue weighted by molar-refractivity contribution is 9.10. The molecule has 0 amide bonds. The van der Waals surface area contributed by atoms with Crippen molar-refractivity contribution in [1.82, 2.24) is 5.32 Å². The summed E-state index contributed by atoms with van der Waals surface area (Å²) < 4.78 is 16.0. The van der Waals surface area contributed by atoms with Gasteiger partial charge in [-0.3, -0.25) is 0 Å². The lowest BCUT2D eigenvalue weighted by molar-refractivity contribution is -0.142. The first-order valence-electron chi connectivity index (χ1n) is 5.89. The Morgan fingerprint density at radius 3 is 2.68 bits per heavy atom. The van der Waals surface area contributed by atoms with Crippen LogP contribution < -0.4 is 14.8 Å². The van der Waals surface area contributed by atoms with E-state index in [1.807, 2.05) is 19.1 Å². The fraction of sp³-hybridized carbons (Fsp3) is 0.462. The number of benzene rings is 1. The number of carbonyl (C=O) groups excluding carboxylic acids is 1. The van der Waals surface area contributed by atoms with Crippen LogP contribution >= 0.6 is 15.9 Å². The molecule has 0 unspecified atom stereocenters. The van der Waals surface area contributed by atoms with E-state index in [0.717, 1.165) is 23.1 Å². The van der Waals surface area contributed by atoms with Gasteiger partial charge >= 0.3 is 5.97 Å². The van der Waals surface area contributed by atoms with Gasteiger partial charge in [-0.05, 0) is 40.2 Å². The van der Waals surface area contributed by atoms with Crippen molar-refractivity contribution in [2.24, 2.45) is 0 Å². The van der Waals surface area contributed by atoms with Gasteiger partial charge in [0.1, 0.15) is 0 Å². The number of ether oxygens (including phenoxy) is 3. The van der Waals surface area contributed by atoms with Crippen LogP contribution in [-0.4, -0.2) is 33.3 Å². The second kappa shape index (κ2) is 8.01. The summed E-state index contributed by atoms with van der Waals surface area (Å²) in [6.45, 7) is 3.52. The molecule has 1 aromatic carbocycles. The van der Waals surface area contributed by atoms with Gasteiger partial charge in [-0.2, -0.15) is 0 Å². The van der Waals surface area contributed by atoms with Crippen molar-refractivity contribution < 1.29 is 19.0 Å². The Labute approximate surface area is 121 Å². The highest BCUT2D eigenvalue weighted by Crippen LogP contribution is 2.36. The Balaban J connectivity index is 2.88. The molecular weight excluding hydrogens is 314 g/mol. The van der Waals surface area contributed by atoms with Gasteiger partial charge in [0.15, 0.2) is 18.1 Å². The largest absolute Gasteiger partial charge is 0.493 e. The summed E-state index contributed by atoms with van der Waals surface area (Å²) in [5.41, 5.74) is 1.07. The van der Waals surface area contributed by atoms with E-state index in [1.165, 1.54) is 7.11 Å². The highest BCUT2D eigenvalue weighted by atomic mass is 79.9. The van der Waals surface area contributed by atoms with Gasteiger partial charge < -0.3 is 19.5 Å². The second-order valence-electron chi connectivity index (χ2n) is 3.75. The topological polar surface area (TPSA) is 56.8 Å². The SMILES string of the molecule is CCNCc1cc(Br)c(OCC(=O)OC)c(OC)c1. The molecule has 1 rings (SSSR count). The van der Waals surface area contributed by atoms with Crippen LogP contribution in [0.15, 0.2) is 16.6 Å². The van der Waals surface area contributed by atoms with E-state index in [2.05, 4.69) is 26.0 Å². The molecule has 0 heterocycles. The van der Waals surface area contributed by atoms with E-state index >= 15 is 0 Å². The van der Waals surface area contributed by atoms with Gasteiger partial charge in [0.05, 0.1) is 18.7 Å². The molecule has 0 bridgehead atoms. The normalized spacial score (nSPS) is 10.1. The molecule has 0 atom stereocenters. The molecule has 0 saturated carbocycles. The van der Waals surface area contributed by atoms with Crippen LogP contribution in [0.4, 0.5) is 0 Å². The Kier molecular flexibility index (Phi) is 6.66. The molecule has 0 spiro atoms. The smallest absolute Gasteiger partial charge is 0.343 e. The van der Waals surface area contributed by atoms with Crippen molar-refractivity contribution in [3.05, 3.63) is 22.2 Å². The first kappa shape index (κ1) is 15.8. The second-order valence-corrected chi connectivity index (χ2v) is 4.61. The van der Waals surface area contributed by atoms with Crippen molar-refractivity contribution >= 4 is 21.9 Å². The number of methoxy groups -OCH3 is 2. The summed E-state index contributed by atoms with van der Waals surface area (Å²) in [5.74, 6) is 0.630. The van der Waals surface area contributed by atoms with Crippen LogP contribution in [-0.2, 0) is 16.1 Å². The monoisotopic (exact) mass is 331 g/mol. The lowest BCUT2D eigenvalue weighted by atomic mass is 10.2. The van der Waals surface area contributed by atoms with E-state index in [-0.39, 0.29) is 6.61 Å². The quantitative estimate of drug-likeness (QED) is 0.775. The first-order valence-corrected chi connectivity index (χ1v) is 6.68. The average Bonchev–Trinajstić information content (AvgIpc) is 2.42. The van der Waals surface area contributed by atoms with Crippen molar-refractivity contribution in [2.75, 3.05) is 27.4 Å². The third-order valence-electron chi connectivity index (χ3n) is 2.43. The molecule has 1 N–H and O–H groups in total. The van der Waals surface area contributed by atoms with Gasteiger partial charge in [0.2, 0.25) is 0 Å². The maximum Gasteiger partial charge on any atom is 0.343 e. The summed E-state index contributed by atoms with van der Waals surface area (Å²) in [6, 6.07) is 3.80. The molecule has 0 aliphatic heterocycles. The molecule has 0 aliphatic carbocycles. The summed E-state index contributed by atoms with van der Waals surface area (Å²) in [4.78, 5) is 11.1. The highest BCUT2D eigenvalue weighted by Gasteiger charge is 2.13. The fourth-order valence-electron chi connectivity index (χ4n) is 1.47.